The minimum absolute atomic E-state index is 0.165. The molecule has 0 amide bonds. The maximum absolute atomic E-state index is 14.1. The number of hydrogen-bond acceptors (Lipinski definition) is 3. The summed E-state index contributed by atoms with van der Waals surface area (Å²) in [6.07, 6.45) is 1.73. The summed E-state index contributed by atoms with van der Waals surface area (Å²) in [5.74, 6) is 0.373. The predicted molar refractivity (Wildman–Crippen MR) is 80.4 cm³/mol. The van der Waals surface area contributed by atoms with E-state index in [2.05, 4.69) is 4.98 Å². The molecule has 0 unspecified atom stereocenters. The lowest BCUT2D eigenvalue weighted by molar-refractivity contribution is 0.299. The quantitative estimate of drug-likeness (QED) is 0.797. The minimum atomic E-state index is -0.293. The lowest BCUT2D eigenvalue weighted by Crippen LogP contribution is -2.05. The van der Waals surface area contributed by atoms with Gasteiger partial charge in [-0.25, -0.2) is 4.39 Å². The van der Waals surface area contributed by atoms with Crippen LogP contribution in [0.3, 0.4) is 0 Å². The molecule has 4 heteroatoms. The third kappa shape index (κ3) is 2.85. The first-order chi connectivity index (χ1) is 10.3. The van der Waals surface area contributed by atoms with Crippen molar-refractivity contribution in [2.45, 2.75) is 13.2 Å². The van der Waals surface area contributed by atoms with Gasteiger partial charge in [0.05, 0.1) is 5.52 Å². The molecule has 106 valence electrons. The molecule has 0 aliphatic rings. The highest BCUT2D eigenvalue weighted by Gasteiger charge is 2.07. The zero-order chi connectivity index (χ0) is 14.7. The third-order valence-electron chi connectivity index (χ3n) is 3.35. The van der Waals surface area contributed by atoms with Crippen molar-refractivity contribution in [1.82, 2.24) is 4.98 Å². The van der Waals surface area contributed by atoms with Crippen LogP contribution in [0.2, 0.25) is 0 Å². The predicted octanol–water partition coefficient (Wildman–Crippen LogP) is 3.41. The van der Waals surface area contributed by atoms with Gasteiger partial charge in [-0.05, 0) is 18.2 Å². The van der Waals surface area contributed by atoms with Crippen LogP contribution in [-0.2, 0) is 13.2 Å². The highest BCUT2D eigenvalue weighted by Crippen LogP contribution is 2.21. The van der Waals surface area contributed by atoms with Crippen molar-refractivity contribution < 1.29 is 9.13 Å². The smallest absolute Gasteiger partial charge is 0.134 e. The summed E-state index contributed by atoms with van der Waals surface area (Å²) in [6.45, 7) is 0.345. The molecule has 3 rings (SSSR count). The topological polar surface area (TPSA) is 48.1 Å². The molecule has 21 heavy (non-hydrogen) atoms. The molecule has 0 fully saturated rings. The lowest BCUT2D eigenvalue weighted by Gasteiger charge is -2.09. The Bertz CT molecular complexity index is 774. The average molecular weight is 282 g/mol. The van der Waals surface area contributed by atoms with Crippen LogP contribution in [0.25, 0.3) is 10.9 Å². The monoisotopic (exact) mass is 282 g/mol. The second-order valence-corrected chi connectivity index (χ2v) is 4.74. The molecule has 2 aromatic carbocycles. The van der Waals surface area contributed by atoms with Crippen molar-refractivity contribution in [1.29, 1.82) is 0 Å². The summed E-state index contributed by atoms with van der Waals surface area (Å²) in [5.41, 5.74) is 7.35. The largest absolute Gasteiger partial charge is 0.489 e. The maximum atomic E-state index is 14.1. The van der Waals surface area contributed by atoms with Gasteiger partial charge in [0.25, 0.3) is 0 Å². The van der Waals surface area contributed by atoms with Gasteiger partial charge in [0.1, 0.15) is 18.2 Å². The Labute approximate surface area is 122 Å². The van der Waals surface area contributed by atoms with E-state index in [1.807, 2.05) is 30.3 Å². The van der Waals surface area contributed by atoms with Crippen LogP contribution in [0, 0.1) is 5.82 Å². The number of halogens is 1. The van der Waals surface area contributed by atoms with Crippen molar-refractivity contribution >= 4 is 10.9 Å². The van der Waals surface area contributed by atoms with Gasteiger partial charge >= 0.3 is 0 Å². The maximum Gasteiger partial charge on any atom is 0.134 e. The normalized spacial score (nSPS) is 10.8. The van der Waals surface area contributed by atoms with Gasteiger partial charge < -0.3 is 10.5 Å². The molecule has 0 radical (unpaired) electrons. The van der Waals surface area contributed by atoms with E-state index in [9.17, 15) is 4.39 Å². The van der Waals surface area contributed by atoms with Crippen molar-refractivity contribution in [3.63, 3.8) is 0 Å². The van der Waals surface area contributed by atoms with Crippen molar-refractivity contribution in [2.24, 2.45) is 5.73 Å². The average Bonchev–Trinajstić information content (AvgIpc) is 2.54. The van der Waals surface area contributed by atoms with Crippen LogP contribution in [0.1, 0.15) is 11.1 Å². The summed E-state index contributed by atoms with van der Waals surface area (Å²) in [6, 6.07) is 14.7. The molecule has 1 heterocycles. The minimum Gasteiger partial charge on any atom is -0.489 e. The Morgan fingerprint density at radius 1 is 1.05 bits per heavy atom. The Hall–Kier alpha value is -2.46. The van der Waals surface area contributed by atoms with Crippen molar-refractivity contribution in [3.05, 3.63) is 71.7 Å². The van der Waals surface area contributed by atoms with E-state index < -0.39 is 0 Å². The van der Waals surface area contributed by atoms with E-state index in [1.54, 1.807) is 24.4 Å². The van der Waals surface area contributed by atoms with Gasteiger partial charge in [0.2, 0.25) is 0 Å². The van der Waals surface area contributed by atoms with Gasteiger partial charge in [-0.3, -0.25) is 4.98 Å². The highest BCUT2D eigenvalue weighted by molar-refractivity contribution is 5.79. The molecule has 0 saturated carbocycles. The summed E-state index contributed by atoms with van der Waals surface area (Å²) < 4.78 is 19.7. The Morgan fingerprint density at radius 2 is 1.90 bits per heavy atom. The van der Waals surface area contributed by atoms with Crippen LogP contribution in [-0.4, -0.2) is 4.98 Å². The van der Waals surface area contributed by atoms with E-state index >= 15 is 0 Å². The summed E-state index contributed by atoms with van der Waals surface area (Å²) in [4.78, 5) is 4.27. The molecule has 0 bridgehead atoms. The van der Waals surface area contributed by atoms with Gasteiger partial charge in [-0.1, -0.05) is 24.3 Å². The molecule has 2 N–H and O–H groups in total. The number of nitrogens with two attached hydrogens (primary N) is 1. The van der Waals surface area contributed by atoms with Gasteiger partial charge in [0.15, 0.2) is 0 Å². The van der Waals surface area contributed by atoms with E-state index in [-0.39, 0.29) is 19.0 Å². The molecule has 0 spiro atoms. The number of pyridine rings is 1. The van der Waals surface area contributed by atoms with Gasteiger partial charge in [0, 0.05) is 35.3 Å². The SMILES string of the molecule is NCc1cccc(COc2ccc3cccnc3c2)c1F. The van der Waals surface area contributed by atoms with E-state index in [1.165, 1.54) is 0 Å². The Morgan fingerprint density at radius 3 is 2.76 bits per heavy atom. The molecule has 0 aliphatic carbocycles. The number of ether oxygens (including phenoxy) is 1. The highest BCUT2D eigenvalue weighted by atomic mass is 19.1. The second-order valence-electron chi connectivity index (χ2n) is 4.74. The first kappa shape index (κ1) is 13.5. The fraction of sp³-hybridized carbons (Fsp3) is 0.118. The molecular formula is C17H15FN2O. The number of rotatable bonds is 4. The van der Waals surface area contributed by atoms with Gasteiger partial charge in [-0.15, -0.1) is 0 Å². The van der Waals surface area contributed by atoms with E-state index in [4.69, 9.17) is 10.5 Å². The summed E-state index contributed by atoms with van der Waals surface area (Å²) >= 11 is 0. The Balaban J connectivity index is 1.80. The van der Waals surface area contributed by atoms with Crippen molar-refractivity contribution in [3.8, 4) is 5.75 Å². The first-order valence-electron chi connectivity index (χ1n) is 6.72. The first-order valence-corrected chi connectivity index (χ1v) is 6.72. The number of hydrogen-bond donors (Lipinski definition) is 1. The van der Waals surface area contributed by atoms with Crippen LogP contribution in [0.4, 0.5) is 4.39 Å². The van der Waals surface area contributed by atoms with Crippen LogP contribution in [0.15, 0.2) is 54.7 Å². The fourth-order valence-electron chi connectivity index (χ4n) is 2.20. The number of nitrogens with zero attached hydrogens (tertiary/aromatic N) is 1. The van der Waals surface area contributed by atoms with Crippen LogP contribution >= 0.6 is 0 Å². The van der Waals surface area contributed by atoms with E-state index in [0.29, 0.717) is 16.9 Å². The molecule has 0 saturated heterocycles. The molecular weight excluding hydrogens is 267 g/mol. The zero-order valence-corrected chi connectivity index (χ0v) is 11.4. The Kier molecular flexibility index (Phi) is 3.79. The third-order valence-corrected chi connectivity index (χ3v) is 3.35. The zero-order valence-electron chi connectivity index (χ0n) is 11.4. The van der Waals surface area contributed by atoms with Crippen LogP contribution < -0.4 is 10.5 Å². The number of aromatic nitrogens is 1. The standard InChI is InChI=1S/C17H15FN2O/c18-17-13(10-19)3-1-4-14(17)11-21-15-7-6-12-5-2-8-20-16(12)9-15/h1-9H,10-11,19H2. The molecule has 3 aromatic rings. The summed E-state index contributed by atoms with van der Waals surface area (Å²) in [7, 11) is 0. The lowest BCUT2D eigenvalue weighted by atomic mass is 10.1. The second kappa shape index (κ2) is 5.89. The van der Waals surface area contributed by atoms with Crippen molar-refractivity contribution in [2.75, 3.05) is 0 Å². The van der Waals surface area contributed by atoms with E-state index in [0.717, 1.165) is 10.9 Å². The molecule has 1 aromatic heterocycles. The van der Waals surface area contributed by atoms with Gasteiger partial charge in [-0.2, -0.15) is 0 Å². The fourth-order valence-corrected chi connectivity index (χ4v) is 2.20. The molecule has 0 aliphatic heterocycles. The molecule has 3 nitrogen and oxygen atoms in total. The number of benzene rings is 2. The van der Waals surface area contributed by atoms with Crippen LogP contribution in [0.5, 0.6) is 5.75 Å². The molecule has 0 atom stereocenters. The summed E-state index contributed by atoms with van der Waals surface area (Å²) in [5, 5.41) is 1.04. The number of fused-ring (bicyclic) bond motifs is 1.